The van der Waals surface area contributed by atoms with E-state index in [-0.39, 0.29) is 6.54 Å². The first kappa shape index (κ1) is 17.7. The van der Waals surface area contributed by atoms with Gasteiger partial charge < -0.3 is 0 Å². The molecule has 1 N–H and O–H groups in total. The Bertz CT molecular complexity index is 804. The zero-order chi connectivity index (χ0) is 17.0. The van der Waals surface area contributed by atoms with Crippen molar-refractivity contribution in [1.82, 2.24) is 10.2 Å². The van der Waals surface area contributed by atoms with Crippen LogP contribution >= 0.6 is 23.1 Å². The van der Waals surface area contributed by atoms with Gasteiger partial charge in [-0.25, -0.2) is 8.42 Å². The Kier molecular flexibility index (Phi) is 5.60. The van der Waals surface area contributed by atoms with E-state index in [1.165, 1.54) is 23.1 Å². The molecule has 2 rings (SSSR count). The fraction of sp³-hybridized carbons (Fsp3) is 0.308. The second-order valence-electron chi connectivity index (χ2n) is 4.68. The predicted molar refractivity (Wildman–Crippen MR) is 93.7 cm³/mol. The average molecular weight is 372 g/mol. The monoisotopic (exact) mass is 372 g/mol. The van der Waals surface area contributed by atoms with E-state index >= 15 is 0 Å². The molecule has 0 spiro atoms. The summed E-state index contributed by atoms with van der Waals surface area (Å²) in [5.74, 6) is -0.470. The average Bonchev–Trinajstić information content (AvgIpc) is 2.92. The minimum atomic E-state index is -3.59. The van der Waals surface area contributed by atoms with Crippen molar-refractivity contribution in [3.8, 4) is 0 Å². The Labute approximate surface area is 143 Å². The molecular formula is C13H16N4O3S3. The maximum Gasteiger partial charge on any atom is 0.246 e. The van der Waals surface area contributed by atoms with Gasteiger partial charge in [-0.2, -0.15) is 0 Å². The fourth-order valence-corrected chi connectivity index (χ4v) is 3.96. The lowest BCUT2D eigenvalue weighted by molar-refractivity contribution is -0.114. The molecule has 0 aliphatic heterocycles. The Morgan fingerprint density at radius 1 is 1.35 bits per heavy atom. The summed E-state index contributed by atoms with van der Waals surface area (Å²) in [4.78, 5) is 12.2. The van der Waals surface area contributed by atoms with E-state index in [9.17, 15) is 13.2 Å². The van der Waals surface area contributed by atoms with Crippen LogP contribution in [-0.2, 0) is 14.8 Å². The molecule has 10 heteroatoms. The van der Waals surface area contributed by atoms with Crippen LogP contribution in [0.3, 0.4) is 0 Å². The van der Waals surface area contributed by atoms with Gasteiger partial charge in [0.15, 0.2) is 4.34 Å². The van der Waals surface area contributed by atoms with E-state index in [1.807, 2.05) is 12.3 Å². The van der Waals surface area contributed by atoms with Crippen LogP contribution < -0.4 is 9.62 Å². The highest BCUT2D eigenvalue weighted by Gasteiger charge is 2.22. The van der Waals surface area contributed by atoms with Crippen molar-refractivity contribution in [3.05, 3.63) is 29.8 Å². The van der Waals surface area contributed by atoms with Crippen molar-refractivity contribution in [1.29, 1.82) is 0 Å². The molecular weight excluding hydrogens is 356 g/mol. The number of nitrogens with one attached hydrogen (secondary N) is 1. The molecule has 1 amide bonds. The number of carbonyl (C=O) groups excluding carboxylic acids is 1. The minimum absolute atomic E-state index is 0.322. The summed E-state index contributed by atoms with van der Waals surface area (Å²) >= 11 is 2.66. The third-order valence-corrected chi connectivity index (χ3v) is 5.84. The lowest BCUT2D eigenvalue weighted by Crippen LogP contribution is -2.37. The fourth-order valence-electron chi connectivity index (χ4n) is 1.86. The van der Waals surface area contributed by atoms with Gasteiger partial charge in [-0.05, 0) is 24.8 Å². The van der Waals surface area contributed by atoms with Gasteiger partial charge in [-0.3, -0.25) is 14.4 Å². The molecule has 0 unspecified atom stereocenters. The number of hydrogen-bond acceptors (Lipinski definition) is 7. The van der Waals surface area contributed by atoms with Crippen molar-refractivity contribution < 1.29 is 13.2 Å². The smallest absolute Gasteiger partial charge is 0.246 e. The third-order valence-electron chi connectivity index (χ3n) is 2.90. The molecule has 1 heterocycles. The number of nitrogens with zero attached hydrogens (tertiary/aromatic N) is 3. The largest absolute Gasteiger partial charge is 0.299 e. The molecule has 0 radical (unpaired) electrons. The summed E-state index contributed by atoms with van der Waals surface area (Å²) in [5.41, 5.74) is 1.25. The van der Waals surface area contributed by atoms with Gasteiger partial charge in [0.25, 0.3) is 0 Å². The SMILES string of the molecule is CSc1nnc(NC(=O)CN(c2ccccc2C)S(C)(=O)=O)s1. The molecule has 124 valence electrons. The van der Waals surface area contributed by atoms with Gasteiger partial charge in [-0.15, -0.1) is 10.2 Å². The van der Waals surface area contributed by atoms with Crippen molar-refractivity contribution in [2.24, 2.45) is 0 Å². The second-order valence-corrected chi connectivity index (χ2v) is 8.62. The summed E-state index contributed by atoms with van der Waals surface area (Å²) in [7, 11) is -3.59. The Balaban J connectivity index is 2.18. The first-order valence-corrected chi connectivity index (χ1v) is 10.4. The minimum Gasteiger partial charge on any atom is -0.299 e. The number of benzene rings is 1. The number of carbonyl (C=O) groups is 1. The highest BCUT2D eigenvalue weighted by Crippen LogP contribution is 2.24. The first-order chi connectivity index (χ1) is 10.8. The Morgan fingerprint density at radius 3 is 2.61 bits per heavy atom. The van der Waals surface area contributed by atoms with E-state index in [0.717, 1.165) is 20.5 Å². The second kappa shape index (κ2) is 7.28. The van der Waals surface area contributed by atoms with Gasteiger partial charge in [0.2, 0.25) is 21.1 Å². The topological polar surface area (TPSA) is 92.3 Å². The molecule has 0 fully saturated rings. The molecule has 0 aliphatic carbocycles. The number of amides is 1. The zero-order valence-electron chi connectivity index (χ0n) is 12.8. The number of aryl methyl sites for hydroxylation is 1. The maximum absolute atomic E-state index is 12.2. The van der Waals surface area contributed by atoms with E-state index in [4.69, 9.17) is 0 Å². The van der Waals surface area contributed by atoms with Crippen molar-refractivity contribution in [2.45, 2.75) is 11.3 Å². The molecule has 0 saturated carbocycles. The summed E-state index contributed by atoms with van der Waals surface area (Å²) in [6, 6.07) is 7.00. The van der Waals surface area contributed by atoms with E-state index in [2.05, 4.69) is 15.5 Å². The quantitative estimate of drug-likeness (QED) is 0.616. The van der Waals surface area contributed by atoms with E-state index < -0.39 is 15.9 Å². The molecule has 0 bridgehead atoms. The third kappa shape index (κ3) is 4.66. The Morgan fingerprint density at radius 2 is 2.04 bits per heavy atom. The predicted octanol–water partition coefficient (Wildman–Crippen LogP) is 1.97. The number of anilines is 2. The van der Waals surface area contributed by atoms with Crippen LogP contribution in [-0.4, -0.2) is 43.6 Å². The number of thioether (sulfide) groups is 1. The van der Waals surface area contributed by atoms with E-state index in [0.29, 0.717) is 10.8 Å². The standard InChI is InChI=1S/C13H16N4O3S3/c1-9-6-4-5-7-10(9)17(23(3,19)20)8-11(18)14-12-15-16-13(21-2)22-12/h4-7H,8H2,1-3H3,(H,14,15,18). The van der Waals surface area contributed by atoms with E-state index in [1.54, 1.807) is 25.1 Å². The highest BCUT2D eigenvalue weighted by atomic mass is 32.2. The van der Waals surface area contributed by atoms with Crippen LogP contribution in [0.15, 0.2) is 28.6 Å². The number of hydrogen-bond donors (Lipinski definition) is 1. The number of aromatic nitrogens is 2. The van der Waals surface area contributed by atoms with Gasteiger partial charge >= 0.3 is 0 Å². The molecule has 0 atom stereocenters. The summed E-state index contributed by atoms with van der Waals surface area (Å²) in [5, 5.41) is 10.6. The van der Waals surface area contributed by atoms with Gasteiger partial charge in [0, 0.05) is 0 Å². The lowest BCUT2D eigenvalue weighted by Gasteiger charge is -2.23. The molecule has 0 aliphatic rings. The molecule has 7 nitrogen and oxygen atoms in total. The molecule has 1 aromatic carbocycles. The normalized spacial score (nSPS) is 11.3. The molecule has 23 heavy (non-hydrogen) atoms. The number of para-hydroxylation sites is 1. The van der Waals surface area contributed by atoms with Crippen LogP contribution in [0.5, 0.6) is 0 Å². The van der Waals surface area contributed by atoms with Crippen molar-refractivity contribution in [3.63, 3.8) is 0 Å². The molecule has 2 aromatic rings. The van der Waals surface area contributed by atoms with Crippen LogP contribution in [0.1, 0.15) is 5.56 Å². The summed E-state index contributed by atoms with van der Waals surface area (Å²) < 4.78 is 25.9. The summed E-state index contributed by atoms with van der Waals surface area (Å²) in [6.45, 7) is 1.47. The number of sulfonamides is 1. The van der Waals surface area contributed by atoms with Gasteiger partial charge in [0.05, 0.1) is 11.9 Å². The molecule has 0 saturated heterocycles. The maximum atomic E-state index is 12.2. The Hall–Kier alpha value is -1.65. The van der Waals surface area contributed by atoms with Crippen LogP contribution in [0.4, 0.5) is 10.8 Å². The van der Waals surface area contributed by atoms with Gasteiger partial charge in [0.1, 0.15) is 6.54 Å². The zero-order valence-corrected chi connectivity index (χ0v) is 15.3. The van der Waals surface area contributed by atoms with Crippen molar-refractivity contribution >= 4 is 49.8 Å². The molecule has 1 aromatic heterocycles. The van der Waals surface area contributed by atoms with Gasteiger partial charge in [-0.1, -0.05) is 41.3 Å². The lowest BCUT2D eigenvalue weighted by atomic mass is 10.2. The van der Waals surface area contributed by atoms with Crippen LogP contribution in [0.25, 0.3) is 0 Å². The van der Waals surface area contributed by atoms with Crippen LogP contribution in [0.2, 0.25) is 0 Å². The highest BCUT2D eigenvalue weighted by molar-refractivity contribution is 8.00. The first-order valence-electron chi connectivity index (χ1n) is 6.52. The van der Waals surface area contributed by atoms with Crippen molar-refractivity contribution in [2.75, 3.05) is 28.7 Å². The summed E-state index contributed by atoms with van der Waals surface area (Å²) in [6.07, 6.45) is 2.93. The number of rotatable bonds is 6. The van der Waals surface area contributed by atoms with Crippen LogP contribution in [0, 0.1) is 6.92 Å².